The van der Waals surface area contributed by atoms with E-state index in [0.29, 0.717) is 0 Å². The second-order valence-corrected chi connectivity index (χ2v) is 4.46. The van der Waals surface area contributed by atoms with Crippen molar-refractivity contribution in [3.63, 3.8) is 0 Å². The van der Waals surface area contributed by atoms with Crippen LogP contribution in [0.1, 0.15) is 0 Å². The van der Waals surface area contributed by atoms with Crippen LogP contribution in [0.5, 0.6) is 0 Å². The number of rotatable bonds is 3. The van der Waals surface area contributed by atoms with Crippen LogP contribution in [0, 0.1) is 10.1 Å². The van der Waals surface area contributed by atoms with Gasteiger partial charge in [-0.15, -0.1) is 0 Å². The molecular formula is C16H11N3O2. The summed E-state index contributed by atoms with van der Waals surface area (Å²) in [6, 6.07) is 18.0. The van der Waals surface area contributed by atoms with Crippen LogP contribution in [0.25, 0.3) is 22.5 Å². The molecule has 1 aromatic heterocycles. The van der Waals surface area contributed by atoms with Gasteiger partial charge in [0.1, 0.15) is 6.33 Å². The van der Waals surface area contributed by atoms with Gasteiger partial charge in [-0.05, 0) is 18.2 Å². The molecule has 0 fully saturated rings. The van der Waals surface area contributed by atoms with Gasteiger partial charge in [0.05, 0.1) is 16.3 Å². The molecule has 0 unspecified atom stereocenters. The van der Waals surface area contributed by atoms with Gasteiger partial charge in [-0.1, -0.05) is 30.3 Å². The summed E-state index contributed by atoms with van der Waals surface area (Å²) in [5, 5.41) is 10.7. The zero-order valence-corrected chi connectivity index (χ0v) is 11.0. The third-order valence-electron chi connectivity index (χ3n) is 3.11. The lowest BCUT2D eigenvalue weighted by molar-refractivity contribution is -0.384. The van der Waals surface area contributed by atoms with Gasteiger partial charge >= 0.3 is 0 Å². The Morgan fingerprint density at radius 3 is 1.95 bits per heavy atom. The highest BCUT2D eigenvalue weighted by Crippen LogP contribution is 2.24. The molecule has 0 amide bonds. The molecule has 0 saturated heterocycles. The van der Waals surface area contributed by atoms with E-state index in [9.17, 15) is 10.1 Å². The number of hydrogen-bond donors (Lipinski definition) is 0. The van der Waals surface area contributed by atoms with Crippen LogP contribution in [-0.2, 0) is 0 Å². The predicted octanol–water partition coefficient (Wildman–Crippen LogP) is 3.72. The van der Waals surface area contributed by atoms with E-state index in [1.165, 1.54) is 18.5 Å². The summed E-state index contributed by atoms with van der Waals surface area (Å²) in [5.74, 6) is 0. The number of nitro benzene ring substituents is 1. The molecule has 1 heterocycles. The average molecular weight is 277 g/mol. The highest BCUT2D eigenvalue weighted by Gasteiger charge is 2.07. The number of hydrogen-bond acceptors (Lipinski definition) is 4. The molecule has 21 heavy (non-hydrogen) atoms. The minimum atomic E-state index is -0.418. The Labute approximate surface area is 121 Å². The largest absolute Gasteiger partial charge is 0.269 e. The van der Waals surface area contributed by atoms with Crippen molar-refractivity contribution in [2.75, 3.05) is 0 Å². The van der Waals surface area contributed by atoms with E-state index < -0.39 is 4.92 Å². The molecule has 0 N–H and O–H groups in total. The van der Waals surface area contributed by atoms with Crippen molar-refractivity contribution in [1.29, 1.82) is 0 Å². The highest BCUT2D eigenvalue weighted by atomic mass is 16.6. The van der Waals surface area contributed by atoms with Crippen LogP contribution < -0.4 is 0 Å². The smallest absolute Gasteiger partial charge is 0.258 e. The Kier molecular flexibility index (Phi) is 3.39. The molecule has 2 aromatic carbocycles. The molecule has 0 saturated carbocycles. The van der Waals surface area contributed by atoms with Crippen LogP contribution in [0.3, 0.4) is 0 Å². The Balaban J connectivity index is 1.98. The lowest BCUT2D eigenvalue weighted by Gasteiger charge is -2.04. The Morgan fingerprint density at radius 2 is 1.38 bits per heavy atom. The number of aromatic nitrogens is 2. The predicted molar refractivity (Wildman–Crippen MR) is 79.6 cm³/mol. The second-order valence-electron chi connectivity index (χ2n) is 4.46. The summed E-state index contributed by atoms with van der Waals surface area (Å²) >= 11 is 0. The third-order valence-corrected chi connectivity index (χ3v) is 3.11. The summed E-state index contributed by atoms with van der Waals surface area (Å²) in [6.45, 7) is 0. The molecule has 3 rings (SSSR count). The molecule has 102 valence electrons. The van der Waals surface area contributed by atoms with E-state index in [-0.39, 0.29) is 5.69 Å². The molecule has 0 atom stereocenters. The van der Waals surface area contributed by atoms with Gasteiger partial charge in [0.15, 0.2) is 0 Å². The van der Waals surface area contributed by atoms with Crippen LogP contribution >= 0.6 is 0 Å². The normalized spacial score (nSPS) is 10.3. The molecule has 5 heteroatoms. The van der Waals surface area contributed by atoms with Crippen LogP contribution in [0.2, 0.25) is 0 Å². The summed E-state index contributed by atoms with van der Waals surface area (Å²) in [4.78, 5) is 18.7. The summed E-state index contributed by atoms with van der Waals surface area (Å²) in [5.41, 5.74) is 3.44. The summed E-state index contributed by atoms with van der Waals surface area (Å²) in [6.07, 6.45) is 1.50. The SMILES string of the molecule is O=[N+]([O-])c1ccc(-c2cc(-c3ccccc3)ncn2)cc1. The van der Waals surface area contributed by atoms with Gasteiger partial charge in [-0.25, -0.2) is 9.97 Å². The van der Waals surface area contributed by atoms with Crippen molar-refractivity contribution in [1.82, 2.24) is 9.97 Å². The van der Waals surface area contributed by atoms with Gasteiger partial charge < -0.3 is 0 Å². The molecule has 0 aliphatic carbocycles. The number of benzene rings is 2. The zero-order valence-electron chi connectivity index (χ0n) is 11.0. The van der Waals surface area contributed by atoms with Crippen LogP contribution in [0.15, 0.2) is 67.0 Å². The van der Waals surface area contributed by atoms with E-state index in [2.05, 4.69) is 9.97 Å². The lowest BCUT2D eigenvalue weighted by Crippen LogP contribution is -1.90. The van der Waals surface area contributed by atoms with Crippen LogP contribution in [0.4, 0.5) is 5.69 Å². The fourth-order valence-corrected chi connectivity index (χ4v) is 2.04. The molecular weight excluding hydrogens is 266 g/mol. The number of nitro groups is 1. The van der Waals surface area contributed by atoms with E-state index in [4.69, 9.17) is 0 Å². The van der Waals surface area contributed by atoms with Gasteiger partial charge in [-0.3, -0.25) is 10.1 Å². The minimum absolute atomic E-state index is 0.0658. The first-order chi connectivity index (χ1) is 10.2. The zero-order chi connectivity index (χ0) is 14.7. The topological polar surface area (TPSA) is 68.9 Å². The first-order valence-electron chi connectivity index (χ1n) is 6.36. The second kappa shape index (κ2) is 5.50. The maximum absolute atomic E-state index is 10.7. The quantitative estimate of drug-likeness (QED) is 0.540. The number of nitrogens with zero attached hydrogens (tertiary/aromatic N) is 3. The Bertz CT molecular complexity index is 771. The van der Waals surface area contributed by atoms with Crippen molar-refractivity contribution < 1.29 is 4.92 Å². The molecule has 0 spiro atoms. The fraction of sp³-hybridized carbons (Fsp3) is 0. The lowest BCUT2D eigenvalue weighted by atomic mass is 10.1. The van der Waals surface area contributed by atoms with Crippen molar-refractivity contribution in [2.45, 2.75) is 0 Å². The first-order valence-corrected chi connectivity index (χ1v) is 6.36. The maximum atomic E-state index is 10.7. The van der Waals surface area contributed by atoms with E-state index >= 15 is 0 Å². The number of non-ortho nitro benzene ring substituents is 1. The average Bonchev–Trinajstić information content (AvgIpc) is 2.56. The van der Waals surface area contributed by atoms with E-state index in [1.54, 1.807) is 12.1 Å². The Hall–Kier alpha value is -3.08. The third kappa shape index (κ3) is 2.76. The van der Waals surface area contributed by atoms with Crippen molar-refractivity contribution >= 4 is 5.69 Å². The fourth-order valence-electron chi connectivity index (χ4n) is 2.04. The van der Waals surface area contributed by atoms with Gasteiger partial charge in [0, 0.05) is 23.3 Å². The Morgan fingerprint density at radius 1 is 0.810 bits per heavy atom. The highest BCUT2D eigenvalue weighted by molar-refractivity contribution is 5.67. The van der Waals surface area contributed by atoms with E-state index in [1.807, 2.05) is 36.4 Å². The maximum Gasteiger partial charge on any atom is 0.269 e. The molecule has 3 aromatic rings. The molecule has 0 radical (unpaired) electrons. The molecule has 0 aliphatic rings. The van der Waals surface area contributed by atoms with Crippen molar-refractivity contribution in [3.8, 4) is 22.5 Å². The van der Waals surface area contributed by atoms with Gasteiger partial charge in [0.25, 0.3) is 5.69 Å². The minimum Gasteiger partial charge on any atom is -0.258 e. The molecule has 5 nitrogen and oxygen atoms in total. The molecule has 0 bridgehead atoms. The first kappa shape index (κ1) is 12.9. The van der Waals surface area contributed by atoms with Crippen molar-refractivity contribution in [3.05, 3.63) is 77.1 Å². The molecule has 0 aliphatic heterocycles. The summed E-state index contributed by atoms with van der Waals surface area (Å²) in [7, 11) is 0. The van der Waals surface area contributed by atoms with E-state index in [0.717, 1.165) is 22.5 Å². The summed E-state index contributed by atoms with van der Waals surface area (Å²) < 4.78 is 0. The van der Waals surface area contributed by atoms with Crippen LogP contribution in [-0.4, -0.2) is 14.9 Å². The van der Waals surface area contributed by atoms with Crippen molar-refractivity contribution in [2.24, 2.45) is 0 Å². The standard InChI is InChI=1S/C16H11N3O2/c20-19(21)14-8-6-13(7-9-14)16-10-15(17-11-18-16)12-4-2-1-3-5-12/h1-11H. The van der Waals surface area contributed by atoms with Gasteiger partial charge in [-0.2, -0.15) is 0 Å². The van der Waals surface area contributed by atoms with Gasteiger partial charge in [0.2, 0.25) is 0 Å². The monoisotopic (exact) mass is 277 g/mol.